The third-order valence-electron chi connectivity index (χ3n) is 1.87. The molecule has 0 saturated carbocycles. The zero-order valence-corrected chi connectivity index (χ0v) is 10.5. The lowest BCUT2D eigenvalue weighted by atomic mass is 10.4. The molecule has 1 N–H and O–H groups in total. The van der Waals surface area contributed by atoms with Crippen molar-refractivity contribution in [3.05, 3.63) is 41.9 Å². The predicted octanol–water partition coefficient (Wildman–Crippen LogP) is 3.12. The maximum atomic E-state index is 11.4. The minimum Gasteiger partial charge on any atom is -0.355 e. The van der Waals surface area contributed by atoms with Crippen molar-refractivity contribution in [1.29, 1.82) is 0 Å². The zero-order valence-electron chi connectivity index (χ0n) is 8.91. The number of hydrogen-bond acceptors (Lipinski definition) is 2. The van der Waals surface area contributed by atoms with Crippen molar-refractivity contribution in [3.8, 4) is 0 Å². The third kappa shape index (κ3) is 4.73. The fourth-order valence-electron chi connectivity index (χ4n) is 1.07. The third-order valence-corrected chi connectivity index (χ3v) is 3.38. The lowest BCUT2D eigenvalue weighted by molar-refractivity contribution is -0.118. The Balaban J connectivity index is 2.31. The average Bonchev–Trinajstić information content (AvgIpc) is 2.28. The van der Waals surface area contributed by atoms with E-state index >= 15 is 0 Å². The molecular formula is C12H14ClNOS. The molecule has 0 bridgehead atoms. The van der Waals surface area contributed by atoms with Gasteiger partial charge < -0.3 is 5.32 Å². The summed E-state index contributed by atoms with van der Waals surface area (Å²) in [6.45, 7) is 4.23. The maximum Gasteiger partial charge on any atom is 0.230 e. The van der Waals surface area contributed by atoms with Crippen LogP contribution in [0.2, 0.25) is 5.02 Å². The molecule has 0 atom stereocenters. The van der Waals surface area contributed by atoms with E-state index in [2.05, 4.69) is 11.9 Å². The minimum absolute atomic E-state index is 0.0202. The molecule has 0 spiro atoms. The Labute approximate surface area is 105 Å². The van der Waals surface area contributed by atoms with E-state index in [1.165, 1.54) is 11.8 Å². The van der Waals surface area contributed by atoms with Crippen LogP contribution in [0.25, 0.3) is 0 Å². The monoisotopic (exact) mass is 255 g/mol. The number of thioether (sulfide) groups is 1. The Morgan fingerprint density at radius 1 is 1.50 bits per heavy atom. The van der Waals surface area contributed by atoms with Crippen LogP contribution in [0.4, 0.5) is 0 Å². The highest BCUT2D eigenvalue weighted by Crippen LogP contribution is 2.26. The molecule has 1 amide bonds. The smallest absolute Gasteiger partial charge is 0.230 e. The summed E-state index contributed by atoms with van der Waals surface area (Å²) in [6.07, 6.45) is 2.57. The fourth-order valence-corrected chi connectivity index (χ4v) is 2.14. The predicted molar refractivity (Wildman–Crippen MR) is 70.0 cm³/mol. The molecule has 0 heterocycles. The molecule has 0 aliphatic heterocycles. The molecule has 0 saturated heterocycles. The lowest BCUT2D eigenvalue weighted by Gasteiger charge is -2.04. The summed E-state index contributed by atoms with van der Waals surface area (Å²) in [5, 5.41) is 3.49. The number of nitrogens with one attached hydrogen (secondary N) is 1. The first-order valence-electron chi connectivity index (χ1n) is 4.99. The Kier molecular flexibility index (Phi) is 6.04. The van der Waals surface area contributed by atoms with Gasteiger partial charge in [-0.2, -0.15) is 0 Å². The van der Waals surface area contributed by atoms with Crippen molar-refractivity contribution in [2.45, 2.75) is 11.3 Å². The first-order chi connectivity index (χ1) is 7.74. The zero-order chi connectivity index (χ0) is 11.8. The number of hydrogen-bond donors (Lipinski definition) is 1. The number of rotatable bonds is 6. The van der Waals surface area contributed by atoms with Crippen LogP contribution < -0.4 is 5.32 Å². The van der Waals surface area contributed by atoms with Gasteiger partial charge in [0.1, 0.15) is 0 Å². The molecule has 0 aliphatic carbocycles. The molecule has 0 aromatic heterocycles. The second-order valence-electron chi connectivity index (χ2n) is 3.15. The molecule has 0 aliphatic rings. The topological polar surface area (TPSA) is 29.1 Å². The van der Waals surface area contributed by atoms with Crippen LogP contribution >= 0.6 is 23.4 Å². The SMILES string of the molecule is C=CCCNC(=O)CSc1ccccc1Cl. The van der Waals surface area contributed by atoms with Gasteiger partial charge in [0.15, 0.2) is 0 Å². The largest absolute Gasteiger partial charge is 0.355 e. The van der Waals surface area contributed by atoms with E-state index in [4.69, 9.17) is 11.6 Å². The maximum absolute atomic E-state index is 11.4. The first-order valence-corrected chi connectivity index (χ1v) is 6.35. The molecule has 4 heteroatoms. The van der Waals surface area contributed by atoms with Crippen LogP contribution in [0.1, 0.15) is 6.42 Å². The fraction of sp³-hybridized carbons (Fsp3) is 0.250. The van der Waals surface area contributed by atoms with E-state index in [1.807, 2.05) is 24.3 Å². The highest BCUT2D eigenvalue weighted by molar-refractivity contribution is 8.00. The number of carbonyl (C=O) groups is 1. The average molecular weight is 256 g/mol. The lowest BCUT2D eigenvalue weighted by Crippen LogP contribution is -2.25. The molecule has 0 fully saturated rings. The summed E-state index contributed by atoms with van der Waals surface area (Å²) in [6, 6.07) is 7.50. The summed E-state index contributed by atoms with van der Waals surface area (Å²) in [5.74, 6) is 0.410. The van der Waals surface area contributed by atoms with Gasteiger partial charge in [0.25, 0.3) is 0 Å². The van der Waals surface area contributed by atoms with Gasteiger partial charge in [-0.05, 0) is 18.6 Å². The van der Waals surface area contributed by atoms with E-state index in [-0.39, 0.29) is 5.91 Å². The molecule has 0 unspecified atom stereocenters. The van der Waals surface area contributed by atoms with Crippen LogP contribution in [0.3, 0.4) is 0 Å². The van der Waals surface area contributed by atoms with Gasteiger partial charge >= 0.3 is 0 Å². The molecule has 86 valence electrons. The number of carbonyl (C=O) groups excluding carboxylic acids is 1. The van der Waals surface area contributed by atoms with Gasteiger partial charge in [-0.15, -0.1) is 18.3 Å². The van der Waals surface area contributed by atoms with Crippen LogP contribution in [-0.2, 0) is 4.79 Å². The Morgan fingerprint density at radius 2 is 2.25 bits per heavy atom. The van der Waals surface area contributed by atoms with Gasteiger partial charge in [-0.1, -0.05) is 29.8 Å². The number of halogens is 1. The van der Waals surface area contributed by atoms with Crippen molar-refractivity contribution < 1.29 is 4.79 Å². The highest BCUT2D eigenvalue weighted by atomic mass is 35.5. The van der Waals surface area contributed by atoms with Crippen LogP contribution in [0.15, 0.2) is 41.8 Å². The summed E-state index contributed by atoms with van der Waals surface area (Å²) >= 11 is 7.41. The highest BCUT2D eigenvalue weighted by Gasteiger charge is 2.04. The van der Waals surface area contributed by atoms with Gasteiger partial charge in [-0.3, -0.25) is 4.79 Å². The summed E-state index contributed by atoms with van der Waals surface area (Å²) in [7, 11) is 0. The van der Waals surface area contributed by atoms with Crippen molar-refractivity contribution in [3.63, 3.8) is 0 Å². The molecule has 1 aromatic carbocycles. The van der Waals surface area contributed by atoms with E-state index in [9.17, 15) is 4.79 Å². The van der Waals surface area contributed by atoms with Crippen LogP contribution in [-0.4, -0.2) is 18.2 Å². The molecule has 16 heavy (non-hydrogen) atoms. The minimum atomic E-state index is 0.0202. The number of amides is 1. The standard InChI is InChI=1S/C12H14ClNOS/c1-2-3-8-14-12(15)9-16-11-7-5-4-6-10(11)13/h2,4-7H,1,3,8-9H2,(H,14,15). The summed E-state index contributed by atoms with van der Waals surface area (Å²) < 4.78 is 0. The first kappa shape index (κ1) is 13.1. The normalized spacial score (nSPS) is 9.81. The van der Waals surface area contributed by atoms with Crippen molar-refractivity contribution in [1.82, 2.24) is 5.32 Å². The van der Waals surface area contributed by atoms with Crippen LogP contribution in [0.5, 0.6) is 0 Å². The van der Waals surface area contributed by atoms with Crippen LogP contribution in [0, 0.1) is 0 Å². The molecule has 2 nitrogen and oxygen atoms in total. The Morgan fingerprint density at radius 3 is 2.94 bits per heavy atom. The second kappa shape index (κ2) is 7.36. The van der Waals surface area contributed by atoms with Crippen molar-refractivity contribution in [2.75, 3.05) is 12.3 Å². The van der Waals surface area contributed by atoms with Crippen molar-refractivity contribution >= 4 is 29.3 Å². The second-order valence-corrected chi connectivity index (χ2v) is 4.57. The van der Waals surface area contributed by atoms with Crippen molar-refractivity contribution in [2.24, 2.45) is 0 Å². The summed E-state index contributed by atoms with van der Waals surface area (Å²) in [4.78, 5) is 12.3. The van der Waals surface area contributed by atoms with Gasteiger partial charge in [0.05, 0.1) is 10.8 Å². The van der Waals surface area contributed by atoms with Gasteiger partial charge in [0.2, 0.25) is 5.91 Å². The van der Waals surface area contributed by atoms with E-state index in [1.54, 1.807) is 6.08 Å². The molecule has 0 radical (unpaired) electrons. The summed E-state index contributed by atoms with van der Waals surface area (Å²) in [5.41, 5.74) is 0. The Bertz CT molecular complexity index is 368. The molecular weight excluding hydrogens is 242 g/mol. The van der Waals surface area contributed by atoms with E-state index in [0.717, 1.165) is 11.3 Å². The Hall–Kier alpha value is -0.930. The molecule has 1 rings (SSSR count). The van der Waals surface area contributed by atoms with E-state index < -0.39 is 0 Å². The van der Waals surface area contributed by atoms with Gasteiger partial charge in [0, 0.05) is 11.4 Å². The van der Waals surface area contributed by atoms with E-state index in [0.29, 0.717) is 17.3 Å². The molecule has 1 aromatic rings. The van der Waals surface area contributed by atoms with Gasteiger partial charge in [-0.25, -0.2) is 0 Å². The number of benzene rings is 1. The quantitative estimate of drug-likeness (QED) is 0.481.